The lowest BCUT2D eigenvalue weighted by Gasteiger charge is -2.37. The number of aromatic nitrogens is 2. The first-order chi connectivity index (χ1) is 11.6. The van der Waals surface area contributed by atoms with Gasteiger partial charge in [0.2, 0.25) is 5.91 Å². The Hall–Kier alpha value is -1.41. The number of likely N-dealkylation sites (tertiary alicyclic amines) is 1. The molecule has 0 bridgehead atoms. The van der Waals surface area contributed by atoms with E-state index in [2.05, 4.69) is 30.8 Å². The van der Waals surface area contributed by atoms with Gasteiger partial charge in [-0.3, -0.25) is 14.5 Å². The van der Waals surface area contributed by atoms with Crippen molar-refractivity contribution >= 4 is 27.5 Å². The van der Waals surface area contributed by atoms with E-state index in [1.54, 1.807) is 13.2 Å². The highest BCUT2D eigenvalue weighted by Crippen LogP contribution is 2.22. The lowest BCUT2D eigenvalue weighted by Crippen LogP contribution is -2.51. The van der Waals surface area contributed by atoms with Crippen LogP contribution in [0.1, 0.15) is 19.3 Å². The van der Waals surface area contributed by atoms with Gasteiger partial charge in [-0.2, -0.15) is 5.10 Å². The van der Waals surface area contributed by atoms with Crippen molar-refractivity contribution in [2.45, 2.75) is 19.3 Å². The molecule has 1 aromatic heterocycles. The van der Waals surface area contributed by atoms with Gasteiger partial charge in [0.05, 0.1) is 18.4 Å². The third kappa shape index (κ3) is 3.80. The molecule has 1 aromatic rings. The molecule has 2 saturated heterocycles. The number of carbonyl (C=O) groups is 1. The minimum Gasteiger partial charge on any atom is -0.367 e. The Balaban J connectivity index is 1.55. The maximum absolute atomic E-state index is 12.4. The van der Waals surface area contributed by atoms with Gasteiger partial charge in [-0.15, -0.1) is 0 Å². The first-order valence-electron chi connectivity index (χ1n) is 8.53. The molecule has 0 atom stereocenters. The van der Waals surface area contributed by atoms with Crippen molar-refractivity contribution in [1.82, 2.24) is 19.6 Å². The summed E-state index contributed by atoms with van der Waals surface area (Å²) >= 11 is 3.38. The Morgan fingerprint density at radius 1 is 1.12 bits per heavy atom. The van der Waals surface area contributed by atoms with Crippen molar-refractivity contribution in [3.8, 4) is 0 Å². The lowest BCUT2D eigenvalue weighted by atomic mass is 10.1. The molecule has 0 saturated carbocycles. The second kappa shape index (κ2) is 7.65. The van der Waals surface area contributed by atoms with Crippen LogP contribution in [-0.4, -0.2) is 71.3 Å². The number of amides is 1. The zero-order valence-electron chi connectivity index (χ0n) is 14.1. The largest absolute Gasteiger partial charge is 0.367 e. The molecule has 1 amide bonds. The molecule has 2 aliphatic heterocycles. The monoisotopic (exact) mass is 397 g/mol. The average Bonchev–Trinajstić information content (AvgIpc) is 2.61. The normalized spacial score (nSPS) is 19.6. The van der Waals surface area contributed by atoms with Crippen molar-refractivity contribution < 1.29 is 4.79 Å². The summed E-state index contributed by atoms with van der Waals surface area (Å²) in [7, 11) is 1.64. The number of piperazine rings is 1. The summed E-state index contributed by atoms with van der Waals surface area (Å²) in [5, 5.41) is 4.10. The van der Waals surface area contributed by atoms with Gasteiger partial charge in [-0.05, 0) is 35.2 Å². The SMILES string of the molecule is Cn1ncc(N2CCN(CC(=O)N3CCCCC3)CC2)c(Br)c1=O. The maximum atomic E-state index is 12.4. The highest BCUT2D eigenvalue weighted by atomic mass is 79.9. The van der Waals surface area contributed by atoms with Gasteiger partial charge in [-0.1, -0.05) is 0 Å². The van der Waals surface area contributed by atoms with Crippen LogP contribution in [0.25, 0.3) is 0 Å². The number of hydrogen-bond donors (Lipinski definition) is 0. The Morgan fingerprint density at radius 3 is 2.46 bits per heavy atom. The second-order valence-electron chi connectivity index (χ2n) is 6.48. The van der Waals surface area contributed by atoms with E-state index < -0.39 is 0 Å². The van der Waals surface area contributed by atoms with Crippen molar-refractivity contribution in [2.24, 2.45) is 7.05 Å². The van der Waals surface area contributed by atoms with E-state index in [0.29, 0.717) is 11.0 Å². The first kappa shape index (κ1) is 17.4. The molecule has 0 aromatic carbocycles. The number of halogens is 1. The molecule has 0 aliphatic carbocycles. The van der Waals surface area contributed by atoms with E-state index >= 15 is 0 Å². The first-order valence-corrected chi connectivity index (χ1v) is 9.32. The molecule has 0 unspecified atom stereocenters. The van der Waals surface area contributed by atoms with E-state index in [1.807, 2.05) is 4.90 Å². The summed E-state index contributed by atoms with van der Waals surface area (Å²) in [4.78, 5) is 30.7. The van der Waals surface area contributed by atoms with Gasteiger partial charge in [0.15, 0.2) is 0 Å². The Labute approximate surface area is 150 Å². The van der Waals surface area contributed by atoms with Crippen LogP contribution in [-0.2, 0) is 11.8 Å². The lowest BCUT2D eigenvalue weighted by molar-refractivity contribution is -0.133. The predicted molar refractivity (Wildman–Crippen MR) is 96.3 cm³/mol. The minimum absolute atomic E-state index is 0.129. The highest BCUT2D eigenvalue weighted by molar-refractivity contribution is 9.10. The van der Waals surface area contributed by atoms with E-state index in [0.717, 1.165) is 57.8 Å². The van der Waals surface area contributed by atoms with Gasteiger partial charge in [0.1, 0.15) is 4.47 Å². The van der Waals surface area contributed by atoms with E-state index in [1.165, 1.54) is 11.1 Å². The number of hydrogen-bond acceptors (Lipinski definition) is 5. The minimum atomic E-state index is -0.129. The third-order valence-corrected chi connectivity index (χ3v) is 5.59. The van der Waals surface area contributed by atoms with Crippen LogP contribution >= 0.6 is 15.9 Å². The summed E-state index contributed by atoms with van der Waals surface area (Å²) in [6.07, 6.45) is 5.22. The quantitative estimate of drug-likeness (QED) is 0.750. The Bertz CT molecular complexity index is 648. The molecule has 3 heterocycles. The van der Waals surface area contributed by atoms with Crippen LogP contribution in [0.15, 0.2) is 15.5 Å². The van der Waals surface area contributed by atoms with Crippen LogP contribution in [0.3, 0.4) is 0 Å². The summed E-state index contributed by atoms with van der Waals surface area (Å²) in [5.41, 5.74) is 0.704. The maximum Gasteiger partial charge on any atom is 0.282 e. The number of nitrogens with zero attached hydrogens (tertiary/aromatic N) is 5. The van der Waals surface area contributed by atoms with Crippen LogP contribution in [0.5, 0.6) is 0 Å². The summed E-state index contributed by atoms with van der Waals surface area (Å²) in [5.74, 6) is 0.250. The number of aryl methyl sites for hydroxylation is 1. The summed E-state index contributed by atoms with van der Waals surface area (Å²) < 4.78 is 1.87. The molecule has 2 aliphatic rings. The topological polar surface area (TPSA) is 61.7 Å². The Morgan fingerprint density at radius 2 is 1.79 bits per heavy atom. The number of carbonyl (C=O) groups excluding carboxylic acids is 1. The van der Waals surface area contributed by atoms with Crippen LogP contribution < -0.4 is 10.5 Å². The molecule has 2 fully saturated rings. The molecule has 0 N–H and O–H groups in total. The smallest absolute Gasteiger partial charge is 0.282 e. The van der Waals surface area contributed by atoms with Gasteiger partial charge >= 0.3 is 0 Å². The molecule has 132 valence electrons. The predicted octanol–water partition coefficient (Wildman–Crippen LogP) is 0.677. The van der Waals surface area contributed by atoms with Crippen molar-refractivity contribution in [3.63, 3.8) is 0 Å². The molecule has 3 rings (SSSR count). The van der Waals surface area contributed by atoms with Gasteiger partial charge in [0, 0.05) is 46.3 Å². The molecule has 7 nitrogen and oxygen atoms in total. The van der Waals surface area contributed by atoms with E-state index in [-0.39, 0.29) is 11.5 Å². The van der Waals surface area contributed by atoms with Crippen molar-refractivity contribution in [1.29, 1.82) is 0 Å². The van der Waals surface area contributed by atoms with Crippen molar-refractivity contribution in [2.75, 3.05) is 50.7 Å². The fraction of sp³-hybridized carbons (Fsp3) is 0.688. The second-order valence-corrected chi connectivity index (χ2v) is 7.27. The molecular formula is C16H24BrN5O2. The number of piperidine rings is 1. The third-order valence-electron chi connectivity index (χ3n) is 4.84. The Kier molecular flexibility index (Phi) is 5.55. The summed E-state index contributed by atoms with van der Waals surface area (Å²) in [6, 6.07) is 0. The van der Waals surface area contributed by atoms with Crippen molar-refractivity contribution in [3.05, 3.63) is 21.0 Å². The standard InChI is InChI=1S/C16H24BrN5O2/c1-19-16(24)15(17)13(11-18-19)21-9-7-20(8-10-21)12-14(23)22-5-3-2-4-6-22/h11H,2-10,12H2,1H3. The number of anilines is 1. The van der Waals surface area contributed by atoms with Crippen LogP contribution in [0, 0.1) is 0 Å². The highest BCUT2D eigenvalue weighted by Gasteiger charge is 2.24. The molecule has 0 radical (unpaired) electrons. The van der Waals surface area contributed by atoms with Gasteiger partial charge in [-0.25, -0.2) is 4.68 Å². The molecule has 24 heavy (non-hydrogen) atoms. The fourth-order valence-electron chi connectivity index (χ4n) is 3.30. The van der Waals surface area contributed by atoms with E-state index in [4.69, 9.17) is 0 Å². The van der Waals surface area contributed by atoms with E-state index in [9.17, 15) is 9.59 Å². The molecule has 8 heteroatoms. The zero-order valence-corrected chi connectivity index (χ0v) is 15.7. The zero-order chi connectivity index (χ0) is 17.1. The van der Waals surface area contributed by atoms with Crippen LogP contribution in [0.4, 0.5) is 5.69 Å². The van der Waals surface area contributed by atoms with Gasteiger partial charge in [0.25, 0.3) is 5.56 Å². The molecular weight excluding hydrogens is 374 g/mol. The molecule has 0 spiro atoms. The fourth-order valence-corrected chi connectivity index (χ4v) is 3.91. The summed E-state index contributed by atoms with van der Waals surface area (Å²) in [6.45, 7) is 5.54. The van der Waals surface area contributed by atoms with Crippen LogP contribution in [0.2, 0.25) is 0 Å². The number of rotatable bonds is 3. The average molecular weight is 398 g/mol. The van der Waals surface area contributed by atoms with Gasteiger partial charge < -0.3 is 9.80 Å².